The van der Waals surface area contributed by atoms with E-state index in [0.717, 1.165) is 4.68 Å². The fourth-order valence-electron chi connectivity index (χ4n) is 2.94. The summed E-state index contributed by atoms with van der Waals surface area (Å²) in [7, 11) is 0. The molecule has 29 heavy (non-hydrogen) atoms. The van der Waals surface area contributed by atoms with Gasteiger partial charge in [-0.1, -0.05) is 30.7 Å². The van der Waals surface area contributed by atoms with Crippen molar-refractivity contribution in [3.63, 3.8) is 0 Å². The second-order valence-corrected chi connectivity index (χ2v) is 6.81. The van der Waals surface area contributed by atoms with Gasteiger partial charge < -0.3 is 15.5 Å². The lowest BCUT2D eigenvalue weighted by molar-refractivity contribution is -0.139. The molecule has 3 rings (SSSR count). The summed E-state index contributed by atoms with van der Waals surface area (Å²) in [5.74, 6) is -3.34. The second kappa shape index (κ2) is 7.96. The highest BCUT2D eigenvalue weighted by Gasteiger charge is 2.26. The summed E-state index contributed by atoms with van der Waals surface area (Å²) in [6.45, 7) is 1.51. The quantitative estimate of drug-likeness (QED) is 0.565. The van der Waals surface area contributed by atoms with Gasteiger partial charge in [0.05, 0.1) is 11.6 Å². The van der Waals surface area contributed by atoms with Gasteiger partial charge in [0.1, 0.15) is 22.9 Å². The van der Waals surface area contributed by atoms with Crippen LogP contribution in [0.4, 0.5) is 4.39 Å². The van der Waals surface area contributed by atoms with Gasteiger partial charge >= 0.3 is 5.97 Å². The number of nitrogens with zero attached hydrogens (tertiary/aromatic N) is 2. The Hall–Kier alpha value is -3.33. The summed E-state index contributed by atoms with van der Waals surface area (Å²) in [6, 6.07) is 5.55. The molecule has 3 aromatic rings. The van der Waals surface area contributed by atoms with Gasteiger partial charge in [0.2, 0.25) is 0 Å². The van der Waals surface area contributed by atoms with Crippen molar-refractivity contribution in [2.45, 2.75) is 25.9 Å². The van der Waals surface area contributed by atoms with Gasteiger partial charge in [-0.05, 0) is 30.2 Å². The second-order valence-electron chi connectivity index (χ2n) is 6.37. The van der Waals surface area contributed by atoms with Crippen molar-refractivity contribution in [2.24, 2.45) is 0 Å². The Bertz CT molecular complexity index is 1150. The first-order valence-corrected chi connectivity index (χ1v) is 9.02. The van der Waals surface area contributed by atoms with E-state index in [1.807, 2.05) is 0 Å². The van der Waals surface area contributed by atoms with Crippen LogP contribution >= 0.6 is 11.6 Å². The van der Waals surface area contributed by atoms with Gasteiger partial charge in [-0.2, -0.15) is 0 Å². The number of carboxylic acid groups (broad SMARTS) is 1. The van der Waals surface area contributed by atoms with Crippen LogP contribution in [-0.2, 0) is 11.3 Å². The summed E-state index contributed by atoms with van der Waals surface area (Å²) >= 11 is 6.01. The van der Waals surface area contributed by atoms with Crippen molar-refractivity contribution in [3.8, 4) is 5.75 Å². The molecule has 1 amide bonds. The van der Waals surface area contributed by atoms with E-state index in [2.05, 4.69) is 5.32 Å². The molecule has 0 aliphatic carbocycles. The molecule has 1 atom stereocenters. The average Bonchev–Trinajstić information content (AvgIpc) is 3.06. The van der Waals surface area contributed by atoms with Gasteiger partial charge in [-0.25, -0.2) is 13.9 Å². The van der Waals surface area contributed by atoms with Crippen LogP contribution in [0.1, 0.15) is 29.3 Å². The molecule has 2 heterocycles. The Labute approximate surface area is 168 Å². The van der Waals surface area contributed by atoms with Crippen LogP contribution in [0.15, 0.2) is 41.3 Å². The first-order valence-electron chi connectivity index (χ1n) is 8.64. The maximum atomic E-state index is 13.2. The largest absolute Gasteiger partial charge is 0.505 e. The van der Waals surface area contributed by atoms with E-state index in [1.165, 1.54) is 41.0 Å². The Morgan fingerprint density at radius 3 is 2.52 bits per heavy atom. The molecule has 0 aliphatic heterocycles. The molecule has 0 spiro atoms. The third kappa shape index (κ3) is 3.95. The molecule has 0 saturated carbocycles. The zero-order valence-electron chi connectivity index (χ0n) is 15.2. The molecular formula is C19H17ClFN3O5. The molecule has 0 radical (unpaired) electrons. The third-order valence-electron chi connectivity index (χ3n) is 4.44. The summed E-state index contributed by atoms with van der Waals surface area (Å²) in [5.41, 5.74) is -0.808. The van der Waals surface area contributed by atoms with Crippen molar-refractivity contribution >= 4 is 29.0 Å². The van der Waals surface area contributed by atoms with Crippen LogP contribution in [0, 0.1) is 5.82 Å². The van der Waals surface area contributed by atoms with Crippen molar-refractivity contribution in [1.82, 2.24) is 14.5 Å². The highest BCUT2D eigenvalue weighted by Crippen LogP contribution is 2.26. The van der Waals surface area contributed by atoms with Gasteiger partial charge in [0.25, 0.3) is 11.5 Å². The lowest BCUT2D eigenvalue weighted by Crippen LogP contribution is -2.43. The summed E-state index contributed by atoms with van der Waals surface area (Å²) in [5, 5.41) is 22.1. The molecule has 2 aromatic heterocycles. The monoisotopic (exact) mass is 421 g/mol. The summed E-state index contributed by atoms with van der Waals surface area (Å²) in [6.07, 6.45) is 1.47. The maximum absolute atomic E-state index is 13.2. The number of nitrogens with one attached hydrogen (secondary N) is 1. The van der Waals surface area contributed by atoms with Crippen LogP contribution < -0.4 is 10.9 Å². The number of carbonyl (C=O) groups is 2. The minimum Gasteiger partial charge on any atom is -0.505 e. The highest BCUT2D eigenvalue weighted by molar-refractivity contribution is 6.31. The number of carbonyl (C=O) groups excluding carboxylic acids is 1. The minimum absolute atomic E-state index is 0.0443. The molecular weight excluding hydrogens is 405 g/mol. The van der Waals surface area contributed by atoms with E-state index < -0.39 is 40.6 Å². The summed E-state index contributed by atoms with van der Waals surface area (Å²) in [4.78, 5) is 36.8. The number of amides is 1. The molecule has 0 aliphatic rings. The minimum atomic E-state index is -1.27. The van der Waals surface area contributed by atoms with Crippen LogP contribution in [0.5, 0.6) is 5.75 Å². The van der Waals surface area contributed by atoms with E-state index >= 15 is 0 Å². The molecule has 1 unspecified atom stereocenters. The number of aliphatic carboxylic acids is 1. The number of halogens is 2. The smallest absolute Gasteiger partial charge is 0.326 e. The standard InChI is InChI=1S/C19H17ClFN3O5/c1-2-13(19(28)29)22-17(26)15-16(25)14-7-11(20)9-23(14)24(18(15)27)8-10-3-5-12(21)6-4-10/h3-7,9,13,25H,2,8H2,1H3,(H,22,26)(H,28,29). The Balaban J connectivity index is 2.15. The molecule has 8 nitrogen and oxygen atoms in total. The normalized spacial score (nSPS) is 12.1. The number of hydrogen-bond donors (Lipinski definition) is 3. The van der Waals surface area contributed by atoms with Crippen molar-refractivity contribution < 1.29 is 24.2 Å². The Kier molecular flexibility index (Phi) is 5.60. The SMILES string of the molecule is CCC(NC(=O)c1c(O)c2cc(Cl)cn2n(Cc2ccc(F)cc2)c1=O)C(=O)O. The summed E-state index contributed by atoms with van der Waals surface area (Å²) < 4.78 is 15.6. The fraction of sp³-hybridized carbons (Fsp3) is 0.211. The van der Waals surface area contributed by atoms with E-state index in [-0.39, 0.29) is 23.5 Å². The highest BCUT2D eigenvalue weighted by atomic mass is 35.5. The maximum Gasteiger partial charge on any atom is 0.326 e. The molecule has 0 saturated heterocycles. The Morgan fingerprint density at radius 1 is 1.28 bits per heavy atom. The Morgan fingerprint density at radius 2 is 1.93 bits per heavy atom. The van der Waals surface area contributed by atoms with E-state index in [0.29, 0.717) is 5.56 Å². The zero-order valence-corrected chi connectivity index (χ0v) is 16.0. The lowest BCUT2D eigenvalue weighted by atomic mass is 10.1. The zero-order chi connectivity index (χ0) is 21.3. The topological polar surface area (TPSA) is 113 Å². The molecule has 0 bridgehead atoms. The molecule has 3 N–H and O–H groups in total. The molecule has 152 valence electrons. The van der Waals surface area contributed by atoms with Crippen LogP contribution in [0.2, 0.25) is 5.02 Å². The first-order chi connectivity index (χ1) is 13.7. The van der Waals surface area contributed by atoms with E-state index in [9.17, 15) is 23.9 Å². The first kappa shape index (κ1) is 20.4. The molecule has 0 fully saturated rings. The van der Waals surface area contributed by atoms with Gasteiger partial charge in [-0.15, -0.1) is 0 Å². The van der Waals surface area contributed by atoms with Crippen LogP contribution in [0.3, 0.4) is 0 Å². The van der Waals surface area contributed by atoms with Gasteiger partial charge in [-0.3, -0.25) is 14.1 Å². The number of carboxylic acids is 1. The lowest BCUT2D eigenvalue weighted by Gasteiger charge is -2.16. The van der Waals surface area contributed by atoms with Crippen LogP contribution in [0.25, 0.3) is 5.52 Å². The van der Waals surface area contributed by atoms with Gasteiger partial charge in [0.15, 0.2) is 5.75 Å². The molecule has 10 heteroatoms. The predicted molar refractivity (Wildman–Crippen MR) is 103 cm³/mol. The number of benzene rings is 1. The van der Waals surface area contributed by atoms with Crippen LogP contribution in [-0.4, -0.2) is 37.3 Å². The predicted octanol–water partition coefficient (Wildman–Crippen LogP) is 2.24. The van der Waals surface area contributed by atoms with E-state index in [1.54, 1.807) is 6.92 Å². The fourth-order valence-corrected chi connectivity index (χ4v) is 3.13. The average molecular weight is 422 g/mol. The number of rotatable bonds is 6. The van der Waals surface area contributed by atoms with Crippen molar-refractivity contribution in [1.29, 1.82) is 0 Å². The van der Waals surface area contributed by atoms with Gasteiger partial charge in [0, 0.05) is 6.20 Å². The molecule has 1 aromatic carbocycles. The van der Waals surface area contributed by atoms with E-state index in [4.69, 9.17) is 16.7 Å². The number of hydrogen-bond acceptors (Lipinski definition) is 4. The van der Waals surface area contributed by atoms with Crippen molar-refractivity contribution in [2.75, 3.05) is 0 Å². The van der Waals surface area contributed by atoms with Crippen molar-refractivity contribution in [3.05, 3.63) is 68.8 Å². The third-order valence-corrected chi connectivity index (χ3v) is 4.65. The number of aromatic hydroxyl groups is 1. The number of aromatic nitrogens is 2. The number of fused-ring (bicyclic) bond motifs is 1.